The van der Waals surface area contributed by atoms with Crippen LogP contribution in [-0.2, 0) is 67.3 Å². The van der Waals surface area contributed by atoms with Gasteiger partial charge in [-0.15, -0.1) is 0 Å². The molecule has 12 aromatic rings. The molecule has 6 unspecified atom stereocenters. The largest absolute Gasteiger partial charge is 0.495 e. The molecule has 6 aromatic heterocycles. The number of halogens is 5. The number of likely N-dealkylation sites (N-methyl/N-ethyl adjacent to an activating group) is 5. The number of methoxy groups -OCH3 is 1. The third kappa shape index (κ3) is 16.7. The van der Waals surface area contributed by atoms with Gasteiger partial charge in [0.05, 0.1) is 55.8 Å². The Morgan fingerprint density at radius 3 is 1.19 bits per heavy atom. The molecular formula is C84H84Cl4FN17O10. The van der Waals surface area contributed by atoms with Crippen molar-refractivity contribution in [1.29, 1.82) is 0 Å². The normalized spacial score (nSPS) is 19.1. The highest BCUT2D eigenvalue weighted by molar-refractivity contribution is 6.38. The number of urea groups is 3. The van der Waals surface area contributed by atoms with Crippen molar-refractivity contribution in [2.45, 2.75) is 95.0 Å². The van der Waals surface area contributed by atoms with Crippen molar-refractivity contribution >= 4 is 165 Å². The highest BCUT2D eigenvalue weighted by Gasteiger charge is 2.40. The first-order chi connectivity index (χ1) is 55.5. The molecule has 6 aliphatic heterocycles. The second kappa shape index (κ2) is 34.3. The fourth-order valence-electron chi connectivity index (χ4n) is 15.0. The standard InChI is InChI=1S/C15H16ClN3O.C14H13Cl2N3O.C14H13ClN2O.C14H15N3O3.C14H15N3O2.C13H12FN3O2/c1-3-19-9(2)18-13(15(19)20)7-10-8-17-14-11(10)5-4-6-12(14)16;1-7-18-12(14(20)19(7)2)3-8-6-17-13-10(8)4-9(15)5-11(13)16;1-8-5-13(18)12(17-8)6-9-7-16-14-10(9)3-2-4-11(14)15;1-17-13(18)10(16-14(17)19)6-8-7-15-12-9(8)4-3-5-11(12)20-2;1-8-4-3-5-10-9(7-15-12(8)10)6-11-13(18)17(2)14(19)16-11;1-17-12(18)10(16-13(17)19)5-7-6-15-11-8(7)3-2-4-9(11)14/h4-6,8,13,17-18H,2-3,7H2,1H3;4-6,12,17-18H,1,3H2,2H3;2-4,7,12,16-17H,1,5-6H2;3-5,7,10,15H,6H2,1-2H3,(H,16,19);3-5,7,11,15H,6H2,1-2H3,(H,16,19);2-4,6,10,15H,5H2,1H3,(H,16,19). The molecule has 32 heteroatoms. The number of para-hydroxylation sites is 5. The predicted molar refractivity (Wildman–Crippen MR) is 447 cm³/mol. The predicted octanol–water partition coefficient (Wildman–Crippen LogP) is 12.6. The lowest BCUT2D eigenvalue weighted by Crippen LogP contribution is -2.32. The van der Waals surface area contributed by atoms with E-state index in [4.69, 9.17) is 51.1 Å². The van der Waals surface area contributed by atoms with E-state index in [2.05, 4.69) is 81.5 Å². The van der Waals surface area contributed by atoms with Crippen molar-refractivity contribution in [1.82, 2.24) is 86.3 Å². The van der Waals surface area contributed by atoms with E-state index in [0.717, 1.165) is 119 Å². The van der Waals surface area contributed by atoms with Crippen LogP contribution in [0.25, 0.3) is 65.4 Å². The molecule has 0 saturated carbocycles. The van der Waals surface area contributed by atoms with Gasteiger partial charge in [-0.05, 0) is 89.2 Å². The van der Waals surface area contributed by atoms with Crippen molar-refractivity contribution in [3.05, 3.63) is 242 Å². The lowest BCUT2D eigenvalue weighted by Gasteiger charge is -2.12. The van der Waals surface area contributed by atoms with Crippen LogP contribution in [0, 0.1) is 12.7 Å². The van der Waals surface area contributed by atoms with E-state index < -0.39 is 24.2 Å². The molecule has 11 amide bonds. The number of nitrogens with zero attached hydrogens (tertiary/aromatic N) is 5. The number of fused-ring (bicyclic) bond motifs is 6. The molecule has 6 atom stereocenters. The van der Waals surface area contributed by atoms with E-state index in [1.807, 2.05) is 124 Å². The van der Waals surface area contributed by atoms with Gasteiger partial charge in [-0.25, -0.2) is 18.8 Å². The maximum atomic E-state index is 13.5. The Morgan fingerprint density at radius 2 is 0.767 bits per heavy atom. The van der Waals surface area contributed by atoms with Gasteiger partial charge in [0.25, 0.3) is 29.5 Å². The van der Waals surface area contributed by atoms with Gasteiger partial charge < -0.3 is 71.4 Å². The smallest absolute Gasteiger partial charge is 0.324 e. The molecule has 0 aliphatic carbocycles. The van der Waals surface area contributed by atoms with Crippen LogP contribution >= 0.6 is 46.4 Å². The minimum atomic E-state index is -0.584. The number of Topliss-reactive ketones (excluding diaryl/α,β-unsaturated/α-hetero) is 1. The zero-order valence-corrected chi connectivity index (χ0v) is 67.3. The SMILES string of the molecule is C=C1CC(=O)C(Cc2c[nH]c3c(Cl)cccc23)N1.C=C1NC(Cc2c[nH]c3c(Cl)cc(Cl)cc23)C(=O)N1C.C=C1NC(Cc2c[nH]c3c(Cl)cccc23)C(=O)N1CC.CN1C(=O)NC(Cc2c[nH]c3c(F)cccc23)C1=O.COc1cccc2c(CC3NC(=O)N(C)C3=O)c[nH]c12.Cc1cccc2c(CC3NC(=O)N(C)C3=O)c[nH]c12. The molecule has 0 radical (unpaired) electrons. The van der Waals surface area contributed by atoms with Crippen molar-refractivity contribution in [2.75, 3.05) is 41.8 Å². The van der Waals surface area contributed by atoms with Crippen LogP contribution in [-0.4, -0.2) is 186 Å². The number of aryl methyl sites for hydroxylation is 1. The van der Waals surface area contributed by atoms with Crippen molar-refractivity contribution < 1.29 is 52.3 Å². The fraction of sp³-hybridized carbons (Fsp3) is 0.250. The number of hydrogen-bond donors (Lipinski definition) is 12. The maximum Gasteiger partial charge on any atom is 0.324 e. The number of ketones is 1. The Morgan fingerprint density at radius 1 is 0.405 bits per heavy atom. The van der Waals surface area contributed by atoms with Gasteiger partial charge in [-0.1, -0.05) is 133 Å². The van der Waals surface area contributed by atoms with Crippen molar-refractivity contribution in [3.63, 3.8) is 0 Å². The number of benzene rings is 6. The summed E-state index contributed by atoms with van der Waals surface area (Å²) in [5, 5.41) is 25.8. The number of nitrogens with one attached hydrogen (secondary N) is 12. The number of allylic oxidation sites excluding steroid dienone is 1. The monoisotopic (exact) mass is 1650 g/mol. The number of rotatable bonds is 14. The number of aromatic nitrogens is 6. The van der Waals surface area contributed by atoms with E-state index in [9.17, 15) is 47.5 Å². The fourth-order valence-corrected chi connectivity index (χ4v) is 16.0. The Bertz CT molecular complexity index is 5840. The number of carbonyl (C=O) groups is 9. The Hall–Kier alpha value is -12.5. The van der Waals surface area contributed by atoms with Gasteiger partial charge in [0, 0.05) is 165 Å². The van der Waals surface area contributed by atoms with Crippen molar-refractivity contribution in [2.24, 2.45) is 0 Å². The molecule has 0 bridgehead atoms. The Balaban J connectivity index is 0.000000121. The van der Waals surface area contributed by atoms with Crippen LogP contribution in [0.4, 0.5) is 18.8 Å². The molecule has 12 heterocycles. The first kappa shape index (κ1) is 81.5. The average Bonchev–Trinajstić information content (AvgIpc) is 1.66. The van der Waals surface area contributed by atoms with Gasteiger partial charge in [0.1, 0.15) is 53.4 Å². The molecule has 0 spiro atoms. The van der Waals surface area contributed by atoms with E-state index in [-0.39, 0.29) is 71.3 Å². The Labute approximate surface area is 684 Å². The van der Waals surface area contributed by atoms with Gasteiger partial charge in [0.2, 0.25) is 0 Å². The summed E-state index contributed by atoms with van der Waals surface area (Å²) in [7, 11) is 7.74. The summed E-state index contributed by atoms with van der Waals surface area (Å²) in [4.78, 5) is 131. The molecule has 6 saturated heterocycles. The first-order valence-electron chi connectivity index (χ1n) is 37.1. The van der Waals surface area contributed by atoms with Crippen LogP contribution in [0.3, 0.4) is 0 Å². The lowest BCUT2D eigenvalue weighted by atomic mass is 10.0. The first-order valence-corrected chi connectivity index (χ1v) is 38.6. The summed E-state index contributed by atoms with van der Waals surface area (Å²) >= 11 is 24.4. The van der Waals surface area contributed by atoms with E-state index in [1.165, 1.54) is 37.7 Å². The summed E-state index contributed by atoms with van der Waals surface area (Å²) in [6.45, 7) is 16.1. The summed E-state index contributed by atoms with van der Waals surface area (Å²) in [5.74, 6) is 1.38. The van der Waals surface area contributed by atoms with Crippen LogP contribution < -0.4 is 36.6 Å². The maximum absolute atomic E-state index is 13.5. The molecule has 6 aliphatic rings. The molecule has 6 fully saturated rings. The lowest BCUT2D eigenvalue weighted by molar-refractivity contribution is -0.128. The number of imide groups is 3. The number of aromatic amines is 6. The summed E-state index contributed by atoms with van der Waals surface area (Å²) in [6, 6.07) is 28.4. The van der Waals surface area contributed by atoms with Gasteiger partial charge >= 0.3 is 18.1 Å². The Kier molecular flexibility index (Phi) is 24.1. The minimum Gasteiger partial charge on any atom is -0.495 e. The molecule has 18 rings (SSSR count). The van der Waals surface area contributed by atoms with Crippen LogP contribution in [0.1, 0.15) is 52.3 Å². The molecule has 600 valence electrons. The second-order valence-corrected chi connectivity index (χ2v) is 30.4. The van der Waals surface area contributed by atoms with E-state index in [1.54, 1.807) is 43.5 Å². The van der Waals surface area contributed by atoms with Crippen LogP contribution in [0.2, 0.25) is 20.1 Å². The summed E-state index contributed by atoms with van der Waals surface area (Å²) in [6.07, 6.45) is 14.7. The third-order valence-electron chi connectivity index (χ3n) is 21.3. The summed E-state index contributed by atoms with van der Waals surface area (Å²) < 4.78 is 18.8. The van der Waals surface area contributed by atoms with Crippen molar-refractivity contribution in [3.8, 4) is 5.75 Å². The zero-order chi connectivity index (χ0) is 82.8. The quantitative estimate of drug-likeness (QED) is 0.0451. The zero-order valence-electron chi connectivity index (χ0n) is 64.2. The highest BCUT2D eigenvalue weighted by atomic mass is 35.5. The number of ether oxygens (including phenoxy) is 1. The number of carbonyl (C=O) groups excluding carboxylic acids is 9. The van der Waals surface area contributed by atoms with Gasteiger partial charge in [-0.2, -0.15) is 0 Å². The van der Waals surface area contributed by atoms with Crippen LogP contribution in [0.15, 0.2) is 177 Å². The number of H-pyrrole nitrogens is 6. The average molecular weight is 1650 g/mol. The van der Waals surface area contributed by atoms with E-state index >= 15 is 0 Å². The highest BCUT2D eigenvalue weighted by Crippen LogP contribution is 2.35. The molecular weight excluding hydrogens is 1570 g/mol. The number of amides is 11. The number of hydrogen-bond acceptors (Lipinski definition) is 13. The van der Waals surface area contributed by atoms with Gasteiger partial charge in [0.15, 0.2) is 5.78 Å². The third-order valence-corrected chi connectivity index (χ3v) is 22.5. The molecule has 27 nitrogen and oxygen atoms in total. The molecule has 6 aromatic carbocycles. The topological polar surface area (TPSA) is 346 Å². The summed E-state index contributed by atoms with van der Waals surface area (Å²) in [5.41, 5.74) is 13.1. The molecule has 116 heavy (non-hydrogen) atoms. The van der Waals surface area contributed by atoms with Crippen LogP contribution in [0.5, 0.6) is 5.75 Å². The van der Waals surface area contributed by atoms with E-state index in [0.29, 0.717) is 88.7 Å². The minimum absolute atomic E-state index is 0.0116. The molecule has 12 N–H and O–H groups in total. The second-order valence-electron chi connectivity index (χ2n) is 28.7. The van der Waals surface area contributed by atoms with Gasteiger partial charge in [-0.3, -0.25) is 48.4 Å².